The number of aromatic nitrogens is 6. The van der Waals surface area contributed by atoms with Crippen LogP contribution in [-0.2, 0) is 12.1 Å². The topological polar surface area (TPSA) is 169 Å². The number of hydrogen-bond acceptors (Lipinski definition) is 12. The average molecular weight is 714 g/mol. The number of pyridine rings is 2. The highest BCUT2D eigenvalue weighted by Gasteiger charge is 2.36. The number of rotatable bonds is 8. The van der Waals surface area contributed by atoms with Crippen LogP contribution in [0.15, 0.2) is 79.5 Å². The summed E-state index contributed by atoms with van der Waals surface area (Å²) in [7, 11) is 1.45. The molecule has 0 amide bonds. The third-order valence-corrected chi connectivity index (χ3v) is 8.77. The second-order valence-corrected chi connectivity index (χ2v) is 12.3. The van der Waals surface area contributed by atoms with Gasteiger partial charge in [0.25, 0.3) is 0 Å². The van der Waals surface area contributed by atoms with Crippen LogP contribution in [0.1, 0.15) is 24.1 Å². The highest BCUT2D eigenvalue weighted by Crippen LogP contribution is 2.36. The van der Waals surface area contributed by atoms with Crippen LogP contribution in [0.5, 0.6) is 17.2 Å². The van der Waals surface area contributed by atoms with Gasteiger partial charge < -0.3 is 35.1 Å². The van der Waals surface area contributed by atoms with Gasteiger partial charge in [-0.2, -0.15) is 0 Å². The Balaban J connectivity index is 1.22. The third kappa shape index (κ3) is 6.93. The number of carbonyl (C=O) groups is 1. The molecule has 16 heteroatoms. The highest BCUT2D eigenvalue weighted by atomic mass is 35.5. The van der Waals surface area contributed by atoms with Crippen LogP contribution in [0.25, 0.3) is 22.4 Å². The maximum absolute atomic E-state index is 15.7. The molecule has 0 saturated carbocycles. The second kappa shape index (κ2) is 13.8. The number of halogens is 3. The molecule has 2 aromatic carbocycles. The quantitative estimate of drug-likeness (QED) is 0.109. The molecule has 260 valence electrons. The minimum absolute atomic E-state index is 0.0953. The van der Waals surface area contributed by atoms with Crippen LogP contribution in [0.2, 0.25) is 5.15 Å². The Hall–Kier alpha value is -5.93. The summed E-state index contributed by atoms with van der Waals surface area (Å²) in [4.78, 5) is 36.3. The number of benzene rings is 2. The van der Waals surface area contributed by atoms with Gasteiger partial charge in [-0.05, 0) is 54.8 Å². The number of nitrogens with two attached hydrogens (primary N) is 2. The van der Waals surface area contributed by atoms with Crippen LogP contribution < -0.4 is 30.6 Å². The van der Waals surface area contributed by atoms with Crippen LogP contribution in [0, 0.1) is 11.6 Å². The molecule has 1 fully saturated rings. The Labute approximate surface area is 294 Å². The lowest BCUT2D eigenvalue weighted by atomic mass is 9.86. The molecule has 51 heavy (non-hydrogen) atoms. The van der Waals surface area contributed by atoms with Crippen molar-refractivity contribution in [3.8, 4) is 28.5 Å². The molecule has 0 aliphatic carbocycles. The summed E-state index contributed by atoms with van der Waals surface area (Å²) in [5.41, 5.74) is 15.1. The van der Waals surface area contributed by atoms with Gasteiger partial charge in [-0.25, -0.2) is 33.5 Å². The predicted octanol–water partition coefficient (Wildman–Crippen LogP) is 5.89. The van der Waals surface area contributed by atoms with Crippen molar-refractivity contribution in [1.82, 2.24) is 29.5 Å². The summed E-state index contributed by atoms with van der Waals surface area (Å²) in [5.74, 6) is -1.81. The van der Waals surface area contributed by atoms with Gasteiger partial charge in [0, 0.05) is 30.8 Å². The van der Waals surface area contributed by atoms with Gasteiger partial charge in [-0.1, -0.05) is 23.7 Å². The smallest absolute Gasteiger partial charge is 0.497 e. The molecule has 4 N–H and O–H groups in total. The first-order valence-electron chi connectivity index (χ1n) is 15.7. The summed E-state index contributed by atoms with van der Waals surface area (Å²) in [5, 5.41) is 0.342. The first-order chi connectivity index (χ1) is 24.6. The summed E-state index contributed by atoms with van der Waals surface area (Å²) >= 11 is 6.21. The molecule has 6 aromatic rings. The monoisotopic (exact) mass is 713 g/mol. The summed E-state index contributed by atoms with van der Waals surface area (Å²) in [6.45, 7) is 1.24. The van der Waals surface area contributed by atoms with E-state index in [0.29, 0.717) is 58.5 Å². The number of anilines is 2. The minimum Gasteiger partial charge on any atom is -0.497 e. The summed E-state index contributed by atoms with van der Waals surface area (Å²) in [6, 6.07) is 14.8. The Bertz CT molecular complexity index is 2270. The molecule has 13 nitrogen and oxygen atoms in total. The van der Waals surface area contributed by atoms with E-state index in [-0.39, 0.29) is 29.4 Å². The number of nitrogens with zero attached hydrogens (tertiary/aromatic N) is 7. The zero-order valence-corrected chi connectivity index (χ0v) is 27.8. The van der Waals surface area contributed by atoms with Crippen LogP contribution in [-0.4, -0.2) is 55.8 Å². The van der Waals surface area contributed by atoms with Crippen LogP contribution in [0.3, 0.4) is 0 Å². The third-order valence-electron chi connectivity index (χ3n) is 8.56. The molecule has 4 aromatic heterocycles. The normalized spacial score (nSPS) is 15.9. The van der Waals surface area contributed by atoms with Crippen molar-refractivity contribution < 1.29 is 27.8 Å². The standard InChI is InChI=1S/C35H30ClF2N9O4/c1-49-21-5-2-6-22(12-21)50-34(48)51-28-14-24(37)23(13-25(28)38)26-11-20(16-47-19-44-31-32(39)42-18-43-33(31)47)27(15-41-26)46-10-4-9-35(40,17-46)29-7-3-8-30(36)45-29/h2-3,5-8,11-15,18-19H,4,9-10,16-17,40H2,1H3,(H2,39,42,43)/t35-/m1/s1. The van der Waals surface area contributed by atoms with Gasteiger partial charge in [0.2, 0.25) is 0 Å². The van der Waals surface area contributed by atoms with Crippen molar-refractivity contribution in [2.75, 3.05) is 30.8 Å². The molecule has 1 aliphatic rings. The molecule has 0 radical (unpaired) electrons. The zero-order valence-electron chi connectivity index (χ0n) is 27.1. The highest BCUT2D eigenvalue weighted by molar-refractivity contribution is 6.29. The molecule has 0 bridgehead atoms. The number of ether oxygens (including phenoxy) is 3. The van der Waals surface area contributed by atoms with Gasteiger partial charge in [-0.3, -0.25) is 4.98 Å². The molecule has 0 unspecified atom stereocenters. The van der Waals surface area contributed by atoms with Crippen molar-refractivity contribution >= 4 is 40.4 Å². The molecule has 1 saturated heterocycles. The Morgan fingerprint density at radius 2 is 1.82 bits per heavy atom. The lowest BCUT2D eigenvalue weighted by Crippen LogP contribution is -2.52. The van der Waals surface area contributed by atoms with E-state index in [2.05, 4.69) is 29.8 Å². The minimum atomic E-state index is -1.26. The summed E-state index contributed by atoms with van der Waals surface area (Å²) < 4.78 is 48.0. The Morgan fingerprint density at radius 1 is 1.00 bits per heavy atom. The molecular weight excluding hydrogens is 684 g/mol. The number of carbonyl (C=O) groups excluding carboxylic acids is 1. The van der Waals surface area contributed by atoms with Gasteiger partial charge in [-0.15, -0.1) is 0 Å². The number of hydrogen-bond donors (Lipinski definition) is 2. The first kappa shape index (κ1) is 33.6. The Morgan fingerprint density at radius 3 is 2.65 bits per heavy atom. The van der Waals surface area contributed by atoms with E-state index in [1.54, 1.807) is 41.4 Å². The van der Waals surface area contributed by atoms with E-state index in [0.717, 1.165) is 18.6 Å². The molecular formula is C35H30ClF2N9O4. The fourth-order valence-electron chi connectivity index (χ4n) is 6.11. The maximum Gasteiger partial charge on any atom is 0.519 e. The van der Waals surface area contributed by atoms with Gasteiger partial charge in [0.05, 0.1) is 48.8 Å². The SMILES string of the molecule is COc1cccc(OC(=O)Oc2cc(F)c(-c3cc(Cn4cnc5c(N)ncnc54)c(N4CCC[C@](N)(c5cccc(Cl)n5)C4)cn3)cc2F)c1. The zero-order chi connectivity index (χ0) is 35.7. The summed E-state index contributed by atoms with van der Waals surface area (Å²) in [6.07, 6.45) is 4.67. The van der Waals surface area contributed by atoms with Crippen molar-refractivity contribution in [1.29, 1.82) is 0 Å². The average Bonchev–Trinajstić information content (AvgIpc) is 3.53. The van der Waals surface area contributed by atoms with Gasteiger partial charge in [0.1, 0.15) is 34.3 Å². The second-order valence-electron chi connectivity index (χ2n) is 11.9. The molecule has 7 rings (SSSR count). The first-order valence-corrected chi connectivity index (χ1v) is 16.1. The lowest BCUT2D eigenvalue weighted by Gasteiger charge is -2.41. The van der Waals surface area contributed by atoms with E-state index >= 15 is 8.78 Å². The van der Waals surface area contributed by atoms with Gasteiger partial charge >= 0.3 is 6.16 Å². The van der Waals surface area contributed by atoms with E-state index in [1.807, 2.05) is 12.1 Å². The van der Waals surface area contributed by atoms with E-state index in [4.69, 9.17) is 37.3 Å². The largest absolute Gasteiger partial charge is 0.519 e. The van der Waals surface area contributed by atoms with Crippen LogP contribution >= 0.6 is 11.6 Å². The van der Waals surface area contributed by atoms with Crippen molar-refractivity contribution in [3.05, 3.63) is 108 Å². The fourth-order valence-corrected chi connectivity index (χ4v) is 6.27. The fraction of sp³-hybridized carbons (Fsp3) is 0.200. The van der Waals surface area contributed by atoms with Gasteiger partial charge in [0.15, 0.2) is 23.0 Å². The number of piperidine rings is 1. The molecule has 0 spiro atoms. The number of methoxy groups -OCH3 is 1. The number of fused-ring (bicyclic) bond motifs is 1. The van der Waals surface area contributed by atoms with E-state index < -0.39 is 29.1 Å². The van der Waals surface area contributed by atoms with E-state index in [1.165, 1.54) is 25.6 Å². The van der Waals surface area contributed by atoms with Crippen molar-refractivity contribution in [2.24, 2.45) is 5.73 Å². The van der Waals surface area contributed by atoms with E-state index in [9.17, 15) is 4.79 Å². The number of imidazole rings is 1. The van der Waals surface area contributed by atoms with Crippen LogP contribution in [0.4, 0.5) is 25.1 Å². The molecule has 1 atom stereocenters. The van der Waals surface area contributed by atoms with Crippen molar-refractivity contribution in [2.45, 2.75) is 24.9 Å². The van der Waals surface area contributed by atoms with Crippen molar-refractivity contribution in [3.63, 3.8) is 0 Å². The predicted molar refractivity (Wildman–Crippen MR) is 185 cm³/mol. The molecule has 1 aliphatic heterocycles. The maximum atomic E-state index is 15.7. The lowest BCUT2D eigenvalue weighted by molar-refractivity contribution is 0.149. The Kier molecular flexibility index (Phi) is 9.06. The number of nitrogen functional groups attached to an aromatic ring is 1. The molecule has 5 heterocycles.